The molecule has 0 aromatic carbocycles. The van der Waals surface area contributed by atoms with E-state index in [0.29, 0.717) is 15.5 Å². The molecule has 0 atom stereocenters. The molecule has 8 heteroatoms. The summed E-state index contributed by atoms with van der Waals surface area (Å²) in [5.41, 5.74) is 0. The number of aromatic nitrogens is 1. The van der Waals surface area contributed by atoms with Crippen LogP contribution in [0.25, 0.3) is 0 Å². The zero-order valence-electron chi connectivity index (χ0n) is 15.2. The van der Waals surface area contributed by atoms with Gasteiger partial charge in [0.15, 0.2) is 5.13 Å². The highest BCUT2D eigenvalue weighted by atomic mass is 35.5. The van der Waals surface area contributed by atoms with Crippen LogP contribution in [0.3, 0.4) is 0 Å². The molecular weight excluding hydrogens is 372 g/mol. The normalized spacial score (nSPS) is 24.1. The summed E-state index contributed by atoms with van der Waals surface area (Å²) in [6.45, 7) is 1.56. The zero-order chi connectivity index (χ0) is 18.5. The van der Waals surface area contributed by atoms with E-state index in [-0.39, 0.29) is 24.0 Å². The molecule has 144 valence electrons. The van der Waals surface area contributed by atoms with Crippen LogP contribution in [-0.2, 0) is 4.79 Å². The fourth-order valence-electron chi connectivity index (χ4n) is 4.24. The Morgan fingerprint density at radius 3 is 2.35 bits per heavy atom. The summed E-state index contributed by atoms with van der Waals surface area (Å²) in [7, 11) is 0. The molecule has 0 radical (unpaired) electrons. The molecular formula is C18H27ClN4O2S. The van der Waals surface area contributed by atoms with Gasteiger partial charge in [-0.1, -0.05) is 42.2 Å². The maximum absolute atomic E-state index is 13.0. The number of urea groups is 1. The summed E-state index contributed by atoms with van der Waals surface area (Å²) >= 11 is 7.22. The molecule has 2 N–H and O–H groups in total. The Labute approximate surface area is 163 Å². The SMILES string of the molecule is CC(=O)NC1CCC(N(C(=O)Nc2ncc(Cl)s2)C2CCCCC2)CC1. The van der Waals surface area contributed by atoms with Crippen molar-refractivity contribution in [1.29, 1.82) is 0 Å². The first-order valence-electron chi connectivity index (χ1n) is 9.50. The molecule has 0 saturated heterocycles. The lowest BCUT2D eigenvalue weighted by Crippen LogP contribution is -2.52. The summed E-state index contributed by atoms with van der Waals surface area (Å²) in [4.78, 5) is 30.6. The second kappa shape index (κ2) is 9.04. The molecule has 2 aliphatic carbocycles. The Morgan fingerprint density at radius 2 is 1.77 bits per heavy atom. The maximum atomic E-state index is 13.0. The lowest BCUT2D eigenvalue weighted by Gasteiger charge is -2.42. The van der Waals surface area contributed by atoms with Gasteiger partial charge in [-0.2, -0.15) is 0 Å². The van der Waals surface area contributed by atoms with Crippen molar-refractivity contribution in [3.05, 3.63) is 10.5 Å². The predicted octanol–water partition coefficient (Wildman–Crippen LogP) is 4.41. The van der Waals surface area contributed by atoms with E-state index in [9.17, 15) is 9.59 Å². The molecule has 0 aliphatic heterocycles. The summed E-state index contributed by atoms with van der Waals surface area (Å²) in [5, 5.41) is 6.50. The van der Waals surface area contributed by atoms with Gasteiger partial charge in [0.2, 0.25) is 5.91 Å². The Hall–Kier alpha value is -1.34. The van der Waals surface area contributed by atoms with E-state index in [1.165, 1.54) is 30.6 Å². The van der Waals surface area contributed by atoms with E-state index in [1.54, 1.807) is 13.1 Å². The van der Waals surface area contributed by atoms with Crippen molar-refractivity contribution in [2.24, 2.45) is 0 Å². The average molecular weight is 399 g/mol. The van der Waals surface area contributed by atoms with Gasteiger partial charge in [-0.15, -0.1) is 0 Å². The van der Waals surface area contributed by atoms with Crippen LogP contribution in [0.2, 0.25) is 4.34 Å². The number of hydrogen-bond donors (Lipinski definition) is 2. The molecule has 2 fully saturated rings. The third kappa shape index (κ3) is 5.10. The molecule has 3 rings (SSSR count). The molecule has 1 aromatic rings. The molecule has 6 nitrogen and oxygen atoms in total. The highest BCUT2D eigenvalue weighted by Gasteiger charge is 2.34. The molecule has 0 bridgehead atoms. The van der Waals surface area contributed by atoms with Crippen LogP contribution in [0.1, 0.15) is 64.7 Å². The second-order valence-electron chi connectivity index (χ2n) is 7.30. The van der Waals surface area contributed by atoms with E-state index in [2.05, 4.69) is 20.5 Å². The van der Waals surface area contributed by atoms with Gasteiger partial charge in [0, 0.05) is 25.0 Å². The summed E-state index contributed by atoms with van der Waals surface area (Å²) in [5.74, 6) is 0.0241. The topological polar surface area (TPSA) is 74.3 Å². The maximum Gasteiger partial charge on any atom is 0.324 e. The van der Waals surface area contributed by atoms with Crippen molar-refractivity contribution in [3.8, 4) is 0 Å². The first-order valence-corrected chi connectivity index (χ1v) is 10.7. The van der Waals surface area contributed by atoms with E-state index < -0.39 is 0 Å². The van der Waals surface area contributed by atoms with E-state index in [4.69, 9.17) is 11.6 Å². The van der Waals surface area contributed by atoms with Gasteiger partial charge >= 0.3 is 6.03 Å². The number of carbonyl (C=O) groups is 2. The number of carbonyl (C=O) groups excluding carboxylic acids is 2. The van der Waals surface area contributed by atoms with Gasteiger partial charge in [-0.05, 0) is 38.5 Å². The predicted molar refractivity (Wildman–Crippen MR) is 105 cm³/mol. The van der Waals surface area contributed by atoms with Crippen LogP contribution >= 0.6 is 22.9 Å². The monoisotopic (exact) mass is 398 g/mol. The lowest BCUT2D eigenvalue weighted by atomic mass is 9.87. The molecule has 2 saturated carbocycles. The van der Waals surface area contributed by atoms with Crippen molar-refractivity contribution >= 4 is 40.0 Å². The first kappa shape index (κ1) is 19.4. The fourth-order valence-corrected chi connectivity index (χ4v) is 5.04. The standard InChI is InChI=1S/C18H27ClN4O2S/c1-12(24)21-13-7-9-15(10-8-13)23(14-5-3-2-4-6-14)18(25)22-17-20-11-16(19)26-17/h11,13-15H,2-10H2,1H3,(H,21,24)(H,20,22,25). The number of rotatable bonds is 4. The van der Waals surface area contributed by atoms with Crippen LogP contribution in [0.5, 0.6) is 0 Å². The Kier molecular flexibility index (Phi) is 6.75. The van der Waals surface area contributed by atoms with Gasteiger partial charge in [-0.3, -0.25) is 10.1 Å². The van der Waals surface area contributed by atoms with Crippen molar-refractivity contribution < 1.29 is 9.59 Å². The number of hydrogen-bond acceptors (Lipinski definition) is 4. The Bertz CT molecular complexity index is 624. The van der Waals surface area contributed by atoms with Gasteiger partial charge in [0.1, 0.15) is 4.34 Å². The van der Waals surface area contributed by atoms with Crippen LogP contribution in [0.4, 0.5) is 9.93 Å². The minimum absolute atomic E-state index is 0.0241. The lowest BCUT2D eigenvalue weighted by molar-refractivity contribution is -0.119. The Balaban J connectivity index is 1.67. The Morgan fingerprint density at radius 1 is 1.12 bits per heavy atom. The van der Waals surface area contributed by atoms with Crippen LogP contribution in [0, 0.1) is 0 Å². The quantitative estimate of drug-likeness (QED) is 0.788. The van der Waals surface area contributed by atoms with Crippen LogP contribution in [0.15, 0.2) is 6.20 Å². The zero-order valence-corrected chi connectivity index (χ0v) is 16.7. The number of thiazole rings is 1. The largest absolute Gasteiger partial charge is 0.354 e. The van der Waals surface area contributed by atoms with Gasteiger partial charge < -0.3 is 10.2 Å². The minimum atomic E-state index is -0.0640. The smallest absolute Gasteiger partial charge is 0.324 e. The van der Waals surface area contributed by atoms with Crippen molar-refractivity contribution in [1.82, 2.24) is 15.2 Å². The fraction of sp³-hybridized carbons (Fsp3) is 0.722. The van der Waals surface area contributed by atoms with Crippen molar-refractivity contribution in [3.63, 3.8) is 0 Å². The molecule has 3 amide bonds. The molecule has 0 unspecified atom stereocenters. The summed E-state index contributed by atoms with van der Waals surface area (Å²) < 4.78 is 0.570. The number of amides is 3. The molecule has 1 aromatic heterocycles. The highest BCUT2D eigenvalue weighted by Crippen LogP contribution is 2.31. The van der Waals surface area contributed by atoms with Gasteiger partial charge in [0.05, 0.1) is 6.20 Å². The van der Waals surface area contributed by atoms with E-state index >= 15 is 0 Å². The summed E-state index contributed by atoms with van der Waals surface area (Å²) in [6, 6.07) is 0.684. The molecule has 26 heavy (non-hydrogen) atoms. The molecule has 0 spiro atoms. The second-order valence-corrected chi connectivity index (χ2v) is 8.97. The van der Waals surface area contributed by atoms with E-state index in [1.807, 2.05) is 0 Å². The van der Waals surface area contributed by atoms with Crippen molar-refractivity contribution in [2.45, 2.75) is 82.8 Å². The molecule has 2 aliphatic rings. The highest BCUT2D eigenvalue weighted by molar-refractivity contribution is 7.19. The number of anilines is 1. The number of nitrogens with one attached hydrogen (secondary N) is 2. The first-order chi connectivity index (χ1) is 12.5. The number of halogens is 1. The summed E-state index contributed by atoms with van der Waals surface area (Å²) in [6.07, 6.45) is 11.0. The minimum Gasteiger partial charge on any atom is -0.354 e. The van der Waals surface area contributed by atoms with Crippen LogP contribution < -0.4 is 10.6 Å². The van der Waals surface area contributed by atoms with Gasteiger partial charge in [-0.25, -0.2) is 9.78 Å². The third-order valence-electron chi connectivity index (χ3n) is 5.39. The number of nitrogens with zero attached hydrogens (tertiary/aromatic N) is 2. The van der Waals surface area contributed by atoms with Gasteiger partial charge in [0.25, 0.3) is 0 Å². The average Bonchev–Trinajstić information content (AvgIpc) is 3.02. The molecule has 1 heterocycles. The third-order valence-corrected chi connectivity index (χ3v) is 6.42. The van der Waals surface area contributed by atoms with E-state index in [0.717, 1.165) is 38.5 Å². The van der Waals surface area contributed by atoms with Crippen LogP contribution in [-0.4, -0.2) is 39.9 Å². The van der Waals surface area contributed by atoms with Crippen molar-refractivity contribution in [2.75, 3.05) is 5.32 Å².